The summed E-state index contributed by atoms with van der Waals surface area (Å²) in [4.78, 5) is 11.9. The number of thiocarbonyl (C=S) groups is 1. The Bertz CT molecular complexity index is 358. The van der Waals surface area contributed by atoms with Crippen LogP contribution in [0.1, 0.15) is 13.3 Å². The molecule has 0 spiro atoms. The van der Waals surface area contributed by atoms with E-state index in [1.54, 1.807) is 18.7 Å². The molecule has 0 bridgehead atoms. The molecule has 5 nitrogen and oxygen atoms in total. The molecule has 0 radical (unpaired) electrons. The molecule has 0 saturated heterocycles. The molecule has 0 aromatic carbocycles. The number of carbonyl (C=O) groups excluding carboxylic acids is 1. The molecule has 1 unspecified atom stereocenters. The Morgan fingerprint density at radius 3 is 2.94 bits per heavy atom. The number of allylic oxidation sites excluding steroid dienone is 1. The number of aliphatic hydroxyl groups is 1. The minimum Gasteiger partial charge on any atom is -0.462 e. The van der Waals surface area contributed by atoms with Gasteiger partial charge >= 0.3 is 5.97 Å². The number of thioether (sulfide) groups is 1. The van der Waals surface area contributed by atoms with Gasteiger partial charge in [-0.25, -0.2) is 4.79 Å². The summed E-state index contributed by atoms with van der Waals surface area (Å²) in [5.41, 5.74) is 1.04. The van der Waals surface area contributed by atoms with Crippen molar-refractivity contribution in [1.29, 1.82) is 0 Å². The van der Waals surface area contributed by atoms with Crippen molar-refractivity contribution in [2.45, 2.75) is 19.4 Å². The zero-order chi connectivity index (χ0) is 13.5. The summed E-state index contributed by atoms with van der Waals surface area (Å²) in [5.74, 6) is 0.546. The van der Waals surface area contributed by atoms with Gasteiger partial charge in [0.2, 0.25) is 0 Å². The summed E-state index contributed by atoms with van der Waals surface area (Å²) < 4.78 is 5.18. The summed E-state index contributed by atoms with van der Waals surface area (Å²) in [5, 5.41) is 15.4. The van der Waals surface area contributed by atoms with Crippen LogP contribution in [0.15, 0.2) is 11.3 Å². The lowest BCUT2D eigenvalue weighted by Crippen LogP contribution is -2.51. The van der Waals surface area contributed by atoms with Gasteiger partial charge in [-0.1, -0.05) is 0 Å². The van der Waals surface area contributed by atoms with Crippen LogP contribution in [0.5, 0.6) is 0 Å². The standard InChI is InChI=1S/C11H18N2O3S2/c1-7-9(8(6-14)13-11(17)12-7)10(15)16-4-3-5-18-2/h8,14H,3-6H2,1-2H3,(H2,12,13,17). The van der Waals surface area contributed by atoms with Crippen molar-refractivity contribution in [3.05, 3.63) is 11.3 Å². The second kappa shape index (κ2) is 7.60. The molecule has 0 aromatic rings. The smallest absolute Gasteiger partial charge is 0.337 e. The lowest BCUT2D eigenvalue weighted by molar-refractivity contribution is -0.139. The highest BCUT2D eigenvalue weighted by Crippen LogP contribution is 2.14. The highest BCUT2D eigenvalue weighted by atomic mass is 32.2. The fraction of sp³-hybridized carbons (Fsp3) is 0.636. The van der Waals surface area contributed by atoms with Crippen molar-refractivity contribution in [2.24, 2.45) is 0 Å². The van der Waals surface area contributed by atoms with Crippen LogP contribution in [0.4, 0.5) is 0 Å². The monoisotopic (exact) mass is 290 g/mol. The van der Waals surface area contributed by atoms with Crippen LogP contribution >= 0.6 is 24.0 Å². The van der Waals surface area contributed by atoms with Crippen LogP contribution in [-0.2, 0) is 9.53 Å². The molecule has 1 heterocycles. The predicted octanol–water partition coefficient (Wildman–Crippen LogP) is 0.395. The van der Waals surface area contributed by atoms with Gasteiger partial charge in [0, 0.05) is 5.70 Å². The lowest BCUT2D eigenvalue weighted by atomic mass is 10.0. The van der Waals surface area contributed by atoms with Gasteiger partial charge in [-0.3, -0.25) is 0 Å². The molecule has 1 rings (SSSR count). The minimum absolute atomic E-state index is 0.200. The Kier molecular flexibility index (Phi) is 6.45. The normalized spacial score (nSPS) is 19.3. The SMILES string of the molecule is CSCCCOC(=O)C1=C(C)NC(=S)NC1CO. The largest absolute Gasteiger partial charge is 0.462 e. The van der Waals surface area contributed by atoms with Crippen molar-refractivity contribution in [3.63, 3.8) is 0 Å². The van der Waals surface area contributed by atoms with Crippen molar-refractivity contribution in [2.75, 3.05) is 25.2 Å². The molecule has 0 aliphatic carbocycles. The van der Waals surface area contributed by atoms with Crippen LogP contribution in [0.25, 0.3) is 0 Å². The average molecular weight is 290 g/mol. The summed E-state index contributed by atoms with van der Waals surface area (Å²) in [6, 6.07) is -0.494. The molecule has 0 fully saturated rings. The Balaban J connectivity index is 2.63. The van der Waals surface area contributed by atoms with Gasteiger partial charge in [-0.2, -0.15) is 11.8 Å². The Morgan fingerprint density at radius 2 is 2.33 bits per heavy atom. The third kappa shape index (κ3) is 4.15. The number of rotatable bonds is 6. The third-order valence-corrected chi connectivity index (χ3v) is 3.40. The van der Waals surface area contributed by atoms with Crippen molar-refractivity contribution >= 4 is 35.1 Å². The van der Waals surface area contributed by atoms with E-state index in [4.69, 9.17) is 17.0 Å². The van der Waals surface area contributed by atoms with E-state index in [0.717, 1.165) is 12.2 Å². The Labute approximate surface area is 116 Å². The van der Waals surface area contributed by atoms with Crippen LogP contribution in [0.2, 0.25) is 0 Å². The first-order valence-electron chi connectivity index (χ1n) is 5.65. The van der Waals surface area contributed by atoms with Crippen molar-refractivity contribution < 1.29 is 14.6 Å². The van der Waals surface area contributed by atoms with Crippen LogP contribution < -0.4 is 10.6 Å². The maximum atomic E-state index is 11.9. The van der Waals surface area contributed by atoms with E-state index in [1.807, 2.05) is 6.26 Å². The van der Waals surface area contributed by atoms with E-state index >= 15 is 0 Å². The number of carbonyl (C=O) groups is 1. The molecule has 0 aromatic heterocycles. The zero-order valence-corrected chi connectivity index (χ0v) is 12.1. The first kappa shape index (κ1) is 15.3. The highest BCUT2D eigenvalue weighted by Gasteiger charge is 2.28. The summed E-state index contributed by atoms with van der Waals surface area (Å²) in [6.07, 6.45) is 2.83. The number of esters is 1. The zero-order valence-electron chi connectivity index (χ0n) is 10.5. The van der Waals surface area contributed by atoms with E-state index in [1.165, 1.54) is 0 Å². The van der Waals surface area contributed by atoms with Crippen molar-refractivity contribution in [1.82, 2.24) is 10.6 Å². The van der Waals surface area contributed by atoms with Gasteiger partial charge in [0.25, 0.3) is 0 Å². The summed E-state index contributed by atoms with van der Waals surface area (Å²) >= 11 is 6.67. The molecule has 0 amide bonds. The number of hydrogen-bond donors (Lipinski definition) is 3. The second-order valence-electron chi connectivity index (χ2n) is 3.85. The molecule has 18 heavy (non-hydrogen) atoms. The van der Waals surface area contributed by atoms with Gasteiger partial charge in [0.1, 0.15) is 0 Å². The third-order valence-electron chi connectivity index (χ3n) is 2.49. The van der Waals surface area contributed by atoms with Crippen LogP contribution in [0, 0.1) is 0 Å². The van der Waals surface area contributed by atoms with Gasteiger partial charge in [0.05, 0.1) is 24.8 Å². The molecule has 1 aliphatic heterocycles. The van der Waals surface area contributed by atoms with Gasteiger partial charge in [-0.15, -0.1) is 0 Å². The number of nitrogens with one attached hydrogen (secondary N) is 2. The van der Waals surface area contributed by atoms with E-state index in [9.17, 15) is 9.90 Å². The van der Waals surface area contributed by atoms with E-state index < -0.39 is 12.0 Å². The van der Waals surface area contributed by atoms with Crippen LogP contribution in [0.3, 0.4) is 0 Å². The highest BCUT2D eigenvalue weighted by molar-refractivity contribution is 7.98. The fourth-order valence-electron chi connectivity index (χ4n) is 1.64. The number of hydrogen-bond acceptors (Lipinski definition) is 5. The maximum Gasteiger partial charge on any atom is 0.337 e. The minimum atomic E-state index is -0.494. The van der Waals surface area contributed by atoms with Crippen LogP contribution in [-0.4, -0.2) is 47.5 Å². The van der Waals surface area contributed by atoms with E-state index in [2.05, 4.69) is 10.6 Å². The first-order valence-corrected chi connectivity index (χ1v) is 7.45. The lowest BCUT2D eigenvalue weighted by Gasteiger charge is -2.28. The number of ether oxygens (including phenoxy) is 1. The quantitative estimate of drug-likeness (QED) is 0.371. The summed E-state index contributed by atoms with van der Waals surface area (Å²) in [7, 11) is 0. The van der Waals surface area contributed by atoms with Gasteiger partial charge in [0.15, 0.2) is 5.11 Å². The first-order chi connectivity index (χ1) is 8.60. The molecule has 3 N–H and O–H groups in total. The molecule has 1 aliphatic rings. The van der Waals surface area contributed by atoms with Crippen molar-refractivity contribution in [3.8, 4) is 0 Å². The predicted molar refractivity (Wildman–Crippen MR) is 76.4 cm³/mol. The van der Waals surface area contributed by atoms with E-state index in [-0.39, 0.29) is 6.61 Å². The van der Waals surface area contributed by atoms with E-state index in [0.29, 0.717) is 23.0 Å². The molecule has 0 saturated carbocycles. The maximum absolute atomic E-state index is 11.9. The molecule has 7 heteroatoms. The van der Waals surface area contributed by atoms with Gasteiger partial charge in [-0.05, 0) is 37.6 Å². The molecule has 102 valence electrons. The average Bonchev–Trinajstić information content (AvgIpc) is 2.33. The molecular formula is C11H18N2O3S2. The Morgan fingerprint density at radius 1 is 1.61 bits per heavy atom. The molecular weight excluding hydrogens is 272 g/mol. The fourth-order valence-corrected chi connectivity index (χ4v) is 2.35. The topological polar surface area (TPSA) is 70.6 Å². The number of aliphatic hydroxyl groups excluding tert-OH is 1. The Hall–Kier alpha value is -0.790. The van der Waals surface area contributed by atoms with Gasteiger partial charge < -0.3 is 20.5 Å². The summed E-state index contributed by atoms with van der Waals surface area (Å²) in [6.45, 7) is 1.93. The molecule has 1 atom stereocenters. The second-order valence-corrected chi connectivity index (χ2v) is 5.25.